The lowest BCUT2D eigenvalue weighted by atomic mass is 9.48. The molecule has 0 N–H and O–H groups in total. The summed E-state index contributed by atoms with van der Waals surface area (Å²) >= 11 is 0. The van der Waals surface area contributed by atoms with Crippen LogP contribution in [0.5, 0.6) is 0 Å². The van der Waals surface area contributed by atoms with Crippen molar-refractivity contribution >= 4 is 0 Å². The molecule has 1 aromatic heterocycles. The number of benzene rings is 1. The van der Waals surface area contributed by atoms with Gasteiger partial charge in [-0.05, 0) is 75.3 Å². The summed E-state index contributed by atoms with van der Waals surface area (Å²) in [6.45, 7) is 8.95. The fourth-order valence-electron chi connectivity index (χ4n) is 6.41. The molecule has 4 fully saturated rings. The van der Waals surface area contributed by atoms with Crippen molar-refractivity contribution in [3.8, 4) is 11.5 Å². The summed E-state index contributed by atoms with van der Waals surface area (Å²) in [5.41, 5.74) is 3.97. The van der Waals surface area contributed by atoms with Gasteiger partial charge in [-0.25, -0.2) is 4.98 Å². The summed E-state index contributed by atoms with van der Waals surface area (Å²) in [5.74, 6) is 4.73. The Morgan fingerprint density at radius 1 is 0.923 bits per heavy atom. The number of aryl methyl sites for hydroxylation is 1. The Kier molecular flexibility index (Phi) is 3.49. The third kappa shape index (κ3) is 2.56. The molecule has 0 saturated heterocycles. The van der Waals surface area contributed by atoms with E-state index in [0.717, 1.165) is 35.0 Å². The lowest BCUT2D eigenvalue weighted by molar-refractivity contribution is -0.00824. The van der Waals surface area contributed by atoms with Crippen LogP contribution in [0.2, 0.25) is 0 Å². The minimum Gasteiger partial charge on any atom is -0.440 e. The fraction of sp³-hybridized carbons (Fsp3) is 0.625. The maximum Gasteiger partial charge on any atom is 0.226 e. The molecule has 2 aromatic rings. The van der Waals surface area contributed by atoms with Crippen LogP contribution in [-0.4, -0.2) is 4.98 Å². The highest BCUT2D eigenvalue weighted by Crippen LogP contribution is 2.61. The van der Waals surface area contributed by atoms with Crippen molar-refractivity contribution in [2.24, 2.45) is 17.8 Å². The van der Waals surface area contributed by atoms with Crippen molar-refractivity contribution in [2.75, 3.05) is 0 Å². The van der Waals surface area contributed by atoms with Crippen LogP contribution in [-0.2, 0) is 10.8 Å². The zero-order chi connectivity index (χ0) is 18.1. The Morgan fingerprint density at radius 3 is 1.96 bits per heavy atom. The molecule has 0 amide bonds. The van der Waals surface area contributed by atoms with Crippen molar-refractivity contribution in [1.29, 1.82) is 0 Å². The van der Waals surface area contributed by atoms with E-state index in [1.165, 1.54) is 49.8 Å². The van der Waals surface area contributed by atoms with Crippen LogP contribution in [0.3, 0.4) is 0 Å². The van der Waals surface area contributed by atoms with Crippen molar-refractivity contribution in [3.63, 3.8) is 0 Å². The largest absolute Gasteiger partial charge is 0.440 e. The Labute approximate surface area is 157 Å². The maximum atomic E-state index is 6.48. The van der Waals surface area contributed by atoms with E-state index < -0.39 is 0 Å². The predicted octanol–water partition coefficient (Wildman–Crippen LogP) is 6.42. The first-order valence-electron chi connectivity index (χ1n) is 10.4. The molecule has 4 saturated carbocycles. The second-order valence-corrected chi connectivity index (χ2v) is 10.5. The van der Waals surface area contributed by atoms with Gasteiger partial charge in [0.2, 0.25) is 5.89 Å². The van der Waals surface area contributed by atoms with Crippen LogP contribution in [0.4, 0.5) is 0 Å². The molecule has 2 nitrogen and oxygen atoms in total. The first kappa shape index (κ1) is 16.6. The molecule has 0 atom stereocenters. The summed E-state index contributed by atoms with van der Waals surface area (Å²) in [5, 5.41) is 0. The fourth-order valence-corrected chi connectivity index (χ4v) is 6.41. The van der Waals surface area contributed by atoms with Gasteiger partial charge >= 0.3 is 0 Å². The maximum absolute atomic E-state index is 6.48. The first-order valence-corrected chi connectivity index (χ1v) is 10.4. The second kappa shape index (κ2) is 5.47. The van der Waals surface area contributed by atoms with Crippen LogP contribution in [0, 0.1) is 24.7 Å². The van der Waals surface area contributed by atoms with Gasteiger partial charge in [0.25, 0.3) is 0 Å². The quantitative estimate of drug-likeness (QED) is 0.625. The molecule has 0 aliphatic heterocycles. The average Bonchev–Trinajstić information content (AvgIpc) is 3.01. The number of oxazole rings is 1. The van der Waals surface area contributed by atoms with Crippen molar-refractivity contribution < 1.29 is 4.42 Å². The van der Waals surface area contributed by atoms with E-state index in [1.54, 1.807) is 0 Å². The minimum absolute atomic E-state index is 0.00535. The zero-order valence-corrected chi connectivity index (χ0v) is 16.6. The van der Waals surface area contributed by atoms with Crippen LogP contribution in [0.25, 0.3) is 11.5 Å². The van der Waals surface area contributed by atoms with Crippen molar-refractivity contribution in [3.05, 3.63) is 41.3 Å². The number of nitrogens with zero attached hydrogens (tertiary/aromatic N) is 1. The Morgan fingerprint density at radius 2 is 1.46 bits per heavy atom. The normalized spacial score (nSPS) is 33.0. The summed E-state index contributed by atoms with van der Waals surface area (Å²) in [7, 11) is 0. The monoisotopic (exact) mass is 349 g/mol. The van der Waals surface area contributed by atoms with Gasteiger partial charge < -0.3 is 4.42 Å². The number of rotatable bonds is 2. The highest BCUT2D eigenvalue weighted by atomic mass is 16.4. The number of hydrogen-bond donors (Lipinski definition) is 0. The predicted molar refractivity (Wildman–Crippen MR) is 105 cm³/mol. The van der Waals surface area contributed by atoms with E-state index in [4.69, 9.17) is 9.40 Å². The van der Waals surface area contributed by atoms with Gasteiger partial charge in [-0.15, -0.1) is 0 Å². The first-order chi connectivity index (χ1) is 12.3. The number of aromatic nitrogens is 1. The van der Waals surface area contributed by atoms with E-state index in [9.17, 15) is 0 Å². The second-order valence-electron chi connectivity index (χ2n) is 10.5. The lowest BCUT2D eigenvalue weighted by Crippen LogP contribution is -2.49. The highest BCUT2D eigenvalue weighted by Gasteiger charge is 2.54. The molecule has 0 radical (unpaired) electrons. The van der Waals surface area contributed by atoms with E-state index >= 15 is 0 Å². The zero-order valence-electron chi connectivity index (χ0n) is 16.6. The van der Waals surface area contributed by atoms with Crippen LogP contribution in [0.1, 0.15) is 76.3 Å². The van der Waals surface area contributed by atoms with Gasteiger partial charge in [0.15, 0.2) is 0 Å². The molecule has 1 aromatic carbocycles. The third-order valence-corrected chi connectivity index (χ3v) is 7.15. The minimum atomic E-state index is -0.00535. The lowest BCUT2D eigenvalue weighted by Gasteiger charge is -2.56. The van der Waals surface area contributed by atoms with Crippen LogP contribution < -0.4 is 0 Å². The van der Waals surface area contributed by atoms with E-state index in [0.29, 0.717) is 0 Å². The van der Waals surface area contributed by atoms with Gasteiger partial charge in [0.05, 0.1) is 5.69 Å². The average molecular weight is 350 g/mol. The van der Waals surface area contributed by atoms with Gasteiger partial charge in [0.1, 0.15) is 5.76 Å². The molecule has 4 aliphatic rings. The Bertz CT molecular complexity index is 786. The van der Waals surface area contributed by atoms with Crippen molar-refractivity contribution in [2.45, 2.75) is 77.0 Å². The van der Waals surface area contributed by atoms with Crippen LogP contribution in [0.15, 0.2) is 28.7 Å². The standard InChI is InChI=1S/C24H31NO/c1-15-5-7-19(8-6-15)22-25-20(21(26-22)23(2,3)4)24-12-16-9-17(13-24)11-18(10-16)14-24/h5-8,16-18H,9-14H2,1-4H3. The van der Waals surface area contributed by atoms with Crippen molar-refractivity contribution in [1.82, 2.24) is 4.98 Å². The Hall–Kier alpha value is -1.57. The Balaban J connectivity index is 1.63. The summed E-state index contributed by atoms with van der Waals surface area (Å²) in [4.78, 5) is 5.20. The van der Waals surface area contributed by atoms with E-state index in [2.05, 4.69) is 52.0 Å². The molecule has 4 bridgehead atoms. The summed E-state index contributed by atoms with van der Waals surface area (Å²) < 4.78 is 6.48. The van der Waals surface area contributed by atoms with E-state index in [-0.39, 0.29) is 10.8 Å². The van der Waals surface area contributed by atoms with Gasteiger partial charge in [0, 0.05) is 16.4 Å². The third-order valence-electron chi connectivity index (χ3n) is 7.15. The van der Waals surface area contributed by atoms with Gasteiger partial charge in [-0.3, -0.25) is 0 Å². The molecule has 0 spiro atoms. The summed E-state index contributed by atoms with van der Waals surface area (Å²) in [6, 6.07) is 8.61. The summed E-state index contributed by atoms with van der Waals surface area (Å²) in [6.07, 6.45) is 8.40. The molecular weight excluding hydrogens is 318 g/mol. The molecular formula is C24H31NO. The molecule has 26 heavy (non-hydrogen) atoms. The molecule has 2 heteroatoms. The molecule has 4 aliphatic carbocycles. The molecule has 6 rings (SSSR count). The van der Waals surface area contributed by atoms with Crippen LogP contribution >= 0.6 is 0 Å². The molecule has 138 valence electrons. The topological polar surface area (TPSA) is 26.0 Å². The van der Waals surface area contributed by atoms with Gasteiger partial charge in [-0.2, -0.15) is 0 Å². The van der Waals surface area contributed by atoms with E-state index in [1.807, 2.05) is 0 Å². The number of hydrogen-bond acceptors (Lipinski definition) is 2. The van der Waals surface area contributed by atoms with Gasteiger partial charge in [-0.1, -0.05) is 38.5 Å². The molecule has 0 unspecified atom stereocenters. The molecule has 1 heterocycles. The smallest absolute Gasteiger partial charge is 0.226 e. The highest BCUT2D eigenvalue weighted by molar-refractivity contribution is 5.55. The SMILES string of the molecule is Cc1ccc(-c2nc(C34CC5CC(CC(C5)C3)C4)c(C(C)(C)C)o2)cc1.